The van der Waals surface area contributed by atoms with Crippen molar-refractivity contribution in [2.75, 3.05) is 6.54 Å². The molecule has 1 aliphatic rings. The maximum absolute atomic E-state index is 11.9. The van der Waals surface area contributed by atoms with E-state index in [0.29, 0.717) is 0 Å². The van der Waals surface area contributed by atoms with Gasteiger partial charge in [0.25, 0.3) is 0 Å². The van der Waals surface area contributed by atoms with Gasteiger partial charge in [-0.1, -0.05) is 0 Å². The van der Waals surface area contributed by atoms with Crippen LogP contribution in [0.4, 0.5) is 13.2 Å². The first kappa shape index (κ1) is 14.7. The second kappa shape index (κ2) is 4.42. The van der Waals surface area contributed by atoms with Crippen molar-refractivity contribution in [1.29, 1.82) is 0 Å². The van der Waals surface area contributed by atoms with Crippen LogP contribution in [-0.2, 0) is 9.59 Å². The van der Waals surface area contributed by atoms with Crippen LogP contribution < -0.4 is 5.32 Å². The number of carboxylic acid groups (broad SMARTS) is 1. The normalized spacial score (nSPS) is 31.6. The average Bonchev–Trinajstić information content (AvgIpc) is 2.10. The Morgan fingerprint density at radius 1 is 1.33 bits per heavy atom. The highest BCUT2D eigenvalue weighted by Gasteiger charge is 2.61. The van der Waals surface area contributed by atoms with Gasteiger partial charge in [-0.2, -0.15) is 13.2 Å². The largest absolute Gasteiger partial charge is 0.480 e. The number of carbonyl (C=O) groups excluding carboxylic acids is 1. The number of hydrogen-bond donors (Lipinski definition) is 3. The van der Waals surface area contributed by atoms with Gasteiger partial charge in [0.1, 0.15) is 0 Å². The molecule has 0 saturated heterocycles. The summed E-state index contributed by atoms with van der Waals surface area (Å²) in [6.07, 6.45) is -6.22. The first-order valence-electron chi connectivity index (χ1n) is 5.29. The predicted octanol–water partition coefficient (Wildman–Crippen LogP) is 0.671. The van der Waals surface area contributed by atoms with Crippen LogP contribution in [0.3, 0.4) is 0 Å². The highest BCUT2D eigenvalue weighted by molar-refractivity contribution is 6.03. The lowest BCUT2D eigenvalue weighted by atomic mass is 9.59. The minimum Gasteiger partial charge on any atom is -0.480 e. The number of carboxylic acids is 1. The van der Waals surface area contributed by atoms with E-state index in [1.165, 1.54) is 6.92 Å². The van der Waals surface area contributed by atoms with Crippen LogP contribution in [-0.4, -0.2) is 40.4 Å². The molecule has 0 spiro atoms. The van der Waals surface area contributed by atoms with Gasteiger partial charge in [0.05, 0.1) is 12.0 Å². The van der Waals surface area contributed by atoms with Gasteiger partial charge in [0, 0.05) is 19.4 Å². The van der Waals surface area contributed by atoms with Gasteiger partial charge in [-0.05, 0) is 6.92 Å². The maximum atomic E-state index is 11.9. The van der Waals surface area contributed by atoms with E-state index in [-0.39, 0.29) is 12.8 Å². The molecule has 0 heterocycles. The summed E-state index contributed by atoms with van der Waals surface area (Å²) in [4.78, 5) is 22.6. The SMILES string of the molecule is CC1(O)CC(C(=O)O)(C(=O)NCCC(F)(F)F)C1. The Morgan fingerprint density at radius 3 is 2.17 bits per heavy atom. The fourth-order valence-corrected chi connectivity index (χ4v) is 2.14. The molecule has 5 nitrogen and oxygen atoms in total. The molecule has 0 aromatic rings. The summed E-state index contributed by atoms with van der Waals surface area (Å²) in [5.74, 6) is -2.41. The van der Waals surface area contributed by atoms with Crippen molar-refractivity contribution >= 4 is 11.9 Å². The molecule has 0 unspecified atom stereocenters. The molecule has 0 aliphatic heterocycles. The van der Waals surface area contributed by atoms with Crippen molar-refractivity contribution in [3.8, 4) is 0 Å². The fraction of sp³-hybridized carbons (Fsp3) is 0.800. The van der Waals surface area contributed by atoms with E-state index in [1.807, 2.05) is 5.32 Å². The molecule has 0 aromatic heterocycles. The molecule has 1 amide bonds. The molecule has 104 valence electrons. The van der Waals surface area contributed by atoms with Gasteiger partial charge in [0.2, 0.25) is 5.91 Å². The Kier molecular flexibility index (Phi) is 3.62. The Labute approximate surface area is 101 Å². The number of aliphatic carboxylic acids is 1. The Balaban J connectivity index is 2.57. The molecule has 0 aromatic carbocycles. The smallest absolute Gasteiger partial charge is 0.390 e. The van der Waals surface area contributed by atoms with E-state index in [1.54, 1.807) is 0 Å². The van der Waals surface area contributed by atoms with Crippen molar-refractivity contribution in [3.63, 3.8) is 0 Å². The van der Waals surface area contributed by atoms with Crippen molar-refractivity contribution < 1.29 is 33.0 Å². The molecule has 1 fully saturated rings. The van der Waals surface area contributed by atoms with E-state index in [0.717, 1.165) is 0 Å². The summed E-state index contributed by atoms with van der Waals surface area (Å²) in [7, 11) is 0. The van der Waals surface area contributed by atoms with Crippen LogP contribution in [0.15, 0.2) is 0 Å². The highest BCUT2D eigenvalue weighted by atomic mass is 19.4. The monoisotopic (exact) mass is 269 g/mol. The van der Waals surface area contributed by atoms with Gasteiger partial charge in [0.15, 0.2) is 5.41 Å². The van der Waals surface area contributed by atoms with E-state index in [2.05, 4.69) is 0 Å². The first-order chi connectivity index (χ1) is 7.99. The van der Waals surface area contributed by atoms with Crippen LogP contribution in [0.25, 0.3) is 0 Å². The third-order valence-corrected chi connectivity index (χ3v) is 2.90. The summed E-state index contributed by atoms with van der Waals surface area (Å²) >= 11 is 0. The Hall–Kier alpha value is -1.31. The summed E-state index contributed by atoms with van der Waals surface area (Å²) in [5.41, 5.74) is -3.07. The van der Waals surface area contributed by atoms with Crippen LogP contribution in [0.5, 0.6) is 0 Å². The van der Waals surface area contributed by atoms with E-state index < -0.39 is 42.0 Å². The van der Waals surface area contributed by atoms with Gasteiger partial charge in [-0.3, -0.25) is 9.59 Å². The van der Waals surface area contributed by atoms with E-state index in [9.17, 15) is 27.9 Å². The highest BCUT2D eigenvalue weighted by Crippen LogP contribution is 2.48. The Morgan fingerprint density at radius 2 is 1.83 bits per heavy atom. The van der Waals surface area contributed by atoms with Gasteiger partial charge < -0.3 is 15.5 Å². The number of amides is 1. The number of hydrogen-bond acceptors (Lipinski definition) is 3. The van der Waals surface area contributed by atoms with Crippen LogP contribution in [0, 0.1) is 5.41 Å². The van der Waals surface area contributed by atoms with Gasteiger partial charge in [-0.25, -0.2) is 0 Å². The third kappa shape index (κ3) is 3.12. The number of halogens is 3. The number of carbonyl (C=O) groups is 2. The summed E-state index contributed by atoms with van der Waals surface area (Å²) < 4.78 is 35.6. The second-order valence-corrected chi connectivity index (χ2v) is 4.86. The molecule has 1 aliphatic carbocycles. The molecule has 1 saturated carbocycles. The molecular weight excluding hydrogens is 255 g/mol. The lowest BCUT2D eigenvalue weighted by molar-refractivity contribution is -0.183. The number of rotatable bonds is 4. The lowest BCUT2D eigenvalue weighted by Crippen LogP contribution is -2.61. The molecule has 8 heteroatoms. The fourth-order valence-electron chi connectivity index (χ4n) is 2.14. The molecular formula is C10H14F3NO4. The topological polar surface area (TPSA) is 86.6 Å². The van der Waals surface area contributed by atoms with Crippen molar-refractivity contribution in [2.45, 2.75) is 38.0 Å². The maximum Gasteiger partial charge on any atom is 0.390 e. The van der Waals surface area contributed by atoms with Crippen molar-refractivity contribution in [1.82, 2.24) is 5.32 Å². The van der Waals surface area contributed by atoms with Crippen molar-refractivity contribution in [3.05, 3.63) is 0 Å². The quantitative estimate of drug-likeness (QED) is 0.655. The molecule has 0 atom stereocenters. The predicted molar refractivity (Wildman–Crippen MR) is 53.6 cm³/mol. The Bertz CT molecular complexity index is 357. The molecule has 18 heavy (non-hydrogen) atoms. The average molecular weight is 269 g/mol. The summed E-state index contributed by atoms with van der Waals surface area (Å²) in [5, 5.41) is 20.4. The molecule has 0 bridgehead atoms. The zero-order valence-electron chi connectivity index (χ0n) is 9.67. The number of nitrogens with one attached hydrogen (secondary N) is 1. The molecule has 1 rings (SSSR count). The number of alkyl halides is 3. The molecule has 3 N–H and O–H groups in total. The van der Waals surface area contributed by atoms with E-state index >= 15 is 0 Å². The zero-order chi connectivity index (χ0) is 14.2. The van der Waals surface area contributed by atoms with Gasteiger partial charge >= 0.3 is 12.1 Å². The van der Waals surface area contributed by atoms with E-state index in [4.69, 9.17) is 5.11 Å². The zero-order valence-corrected chi connectivity index (χ0v) is 9.67. The third-order valence-electron chi connectivity index (χ3n) is 2.90. The van der Waals surface area contributed by atoms with Crippen molar-refractivity contribution in [2.24, 2.45) is 5.41 Å². The summed E-state index contributed by atoms with van der Waals surface area (Å²) in [6, 6.07) is 0. The van der Waals surface area contributed by atoms with Gasteiger partial charge in [-0.15, -0.1) is 0 Å². The second-order valence-electron chi connectivity index (χ2n) is 4.86. The summed E-state index contributed by atoms with van der Waals surface area (Å²) in [6.45, 7) is 0.705. The number of aliphatic hydroxyl groups is 1. The lowest BCUT2D eigenvalue weighted by Gasteiger charge is -2.47. The standard InChI is InChI=1S/C10H14F3NO4/c1-8(18)4-9(5-8,7(16)17)6(15)14-3-2-10(11,12)13/h18H,2-5H2,1H3,(H,14,15)(H,16,17). The van der Waals surface area contributed by atoms with Crippen LogP contribution >= 0.6 is 0 Å². The minimum atomic E-state index is -4.41. The van der Waals surface area contributed by atoms with Crippen LogP contribution in [0.1, 0.15) is 26.2 Å². The van der Waals surface area contributed by atoms with Crippen LogP contribution in [0.2, 0.25) is 0 Å². The molecule has 0 radical (unpaired) electrons. The minimum absolute atomic E-state index is 0.298. The first-order valence-corrected chi connectivity index (χ1v) is 5.29.